The molecule has 3 aliphatic rings. The molecule has 42 heavy (non-hydrogen) atoms. The van der Waals surface area contributed by atoms with Gasteiger partial charge in [-0.15, -0.1) is 0 Å². The van der Waals surface area contributed by atoms with Crippen molar-refractivity contribution in [2.24, 2.45) is 28.6 Å². The van der Waals surface area contributed by atoms with Crippen LogP contribution in [0, 0.1) is 28.6 Å². The molecule has 1 fully saturated rings. The Kier molecular flexibility index (Phi) is 6.97. The fraction of sp³-hybridized carbons (Fsp3) is 0.472. The first-order chi connectivity index (χ1) is 19.5. The van der Waals surface area contributed by atoms with E-state index < -0.39 is 45.5 Å². The van der Waals surface area contributed by atoms with Crippen LogP contribution < -0.4 is 0 Å². The largest absolute Gasteiger partial charge is 0.507 e. The van der Waals surface area contributed by atoms with Crippen LogP contribution >= 0.6 is 0 Å². The lowest BCUT2D eigenvalue weighted by molar-refractivity contribution is -0.180. The molecule has 2 aromatic rings. The van der Waals surface area contributed by atoms with Crippen molar-refractivity contribution in [3.05, 3.63) is 69.8 Å². The number of carbonyl (C=O) groups excluding carboxylic acids is 3. The van der Waals surface area contributed by atoms with Crippen LogP contribution in [-0.2, 0) is 27.2 Å². The number of ketones is 3. The summed E-state index contributed by atoms with van der Waals surface area (Å²) in [6, 6.07) is 11.6. The highest BCUT2D eigenvalue weighted by atomic mass is 16.3. The van der Waals surface area contributed by atoms with Gasteiger partial charge in [0.15, 0.2) is 11.4 Å². The summed E-state index contributed by atoms with van der Waals surface area (Å²) in [5.74, 6) is -2.86. The molecule has 0 amide bonds. The van der Waals surface area contributed by atoms with Crippen LogP contribution in [0.3, 0.4) is 0 Å². The number of aliphatic hydroxyl groups is 2. The van der Waals surface area contributed by atoms with Gasteiger partial charge in [-0.1, -0.05) is 77.4 Å². The Morgan fingerprint density at radius 2 is 1.60 bits per heavy atom. The van der Waals surface area contributed by atoms with Crippen molar-refractivity contribution >= 4 is 23.1 Å². The summed E-state index contributed by atoms with van der Waals surface area (Å²) in [4.78, 5) is 41.1. The maximum Gasteiger partial charge on any atom is 0.206 e. The summed E-state index contributed by atoms with van der Waals surface area (Å²) in [7, 11) is 0. The Hall–Kier alpha value is -3.51. The molecule has 3 N–H and O–H groups in total. The molecule has 0 aromatic heterocycles. The summed E-state index contributed by atoms with van der Waals surface area (Å²) >= 11 is 0. The average Bonchev–Trinajstić information content (AvgIpc) is 2.86. The molecule has 0 spiro atoms. The van der Waals surface area contributed by atoms with Crippen LogP contribution in [0.25, 0.3) is 16.9 Å². The number of phenols is 1. The molecule has 1 saturated carbocycles. The number of hydrogen-bond donors (Lipinski definition) is 3. The first kappa shape index (κ1) is 30.0. The van der Waals surface area contributed by atoms with Gasteiger partial charge in [0.25, 0.3) is 0 Å². The van der Waals surface area contributed by atoms with E-state index in [-0.39, 0.29) is 34.8 Å². The van der Waals surface area contributed by atoms with E-state index in [1.165, 1.54) is 18.6 Å². The molecular formula is C36H42O6. The van der Waals surface area contributed by atoms with Gasteiger partial charge >= 0.3 is 0 Å². The molecule has 0 bridgehead atoms. The molecule has 6 heteroatoms. The van der Waals surface area contributed by atoms with Crippen molar-refractivity contribution in [3.8, 4) is 16.9 Å². The molecule has 0 saturated heterocycles. The maximum atomic E-state index is 14.5. The fourth-order valence-electron chi connectivity index (χ4n) is 8.81. The zero-order valence-corrected chi connectivity index (χ0v) is 25.9. The quantitative estimate of drug-likeness (QED) is 0.277. The molecule has 0 unspecified atom stereocenters. The first-order valence-electron chi connectivity index (χ1n) is 14.9. The van der Waals surface area contributed by atoms with Gasteiger partial charge < -0.3 is 15.3 Å². The maximum absolute atomic E-state index is 14.5. The Bertz CT molecular complexity index is 1590. The number of fused-ring (bicyclic) bond motifs is 3. The third-order valence-electron chi connectivity index (χ3n) is 10.1. The number of carbonyl (C=O) groups is 3. The van der Waals surface area contributed by atoms with E-state index in [1.54, 1.807) is 13.8 Å². The zero-order valence-electron chi connectivity index (χ0n) is 25.9. The van der Waals surface area contributed by atoms with Gasteiger partial charge in [0.1, 0.15) is 11.5 Å². The zero-order chi connectivity index (χ0) is 31.1. The highest BCUT2D eigenvalue weighted by Crippen LogP contribution is 2.65. The predicted octanol–water partition coefficient (Wildman–Crippen LogP) is 6.56. The van der Waals surface area contributed by atoms with E-state index in [0.717, 1.165) is 23.1 Å². The smallest absolute Gasteiger partial charge is 0.206 e. The van der Waals surface area contributed by atoms with Crippen molar-refractivity contribution in [1.29, 1.82) is 0 Å². The summed E-state index contributed by atoms with van der Waals surface area (Å²) in [6.07, 6.45) is 1.50. The van der Waals surface area contributed by atoms with Gasteiger partial charge in [-0.2, -0.15) is 0 Å². The average molecular weight is 571 g/mol. The lowest BCUT2D eigenvalue weighted by atomic mass is 9.42. The van der Waals surface area contributed by atoms with Crippen LogP contribution in [0.5, 0.6) is 5.75 Å². The van der Waals surface area contributed by atoms with E-state index in [2.05, 4.69) is 26.0 Å². The molecule has 6 nitrogen and oxygen atoms in total. The number of allylic oxidation sites excluding steroid dienone is 1. The molecule has 0 aliphatic heterocycles. The van der Waals surface area contributed by atoms with Gasteiger partial charge in [0.05, 0.1) is 11.1 Å². The van der Waals surface area contributed by atoms with Crippen molar-refractivity contribution < 1.29 is 29.7 Å². The summed E-state index contributed by atoms with van der Waals surface area (Å²) in [5, 5.41) is 35.0. The van der Waals surface area contributed by atoms with Gasteiger partial charge in [0, 0.05) is 16.4 Å². The van der Waals surface area contributed by atoms with Gasteiger partial charge in [-0.3, -0.25) is 14.4 Å². The Balaban J connectivity index is 1.74. The molecule has 222 valence electrons. The lowest BCUT2D eigenvalue weighted by Crippen LogP contribution is -2.70. The summed E-state index contributed by atoms with van der Waals surface area (Å²) in [5.41, 5.74) is -0.437. The topological polar surface area (TPSA) is 112 Å². The van der Waals surface area contributed by atoms with E-state index in [0.29, 0.717) is 17.9 Å². The van der Waals surface area contributed by atoms with Crippen LogP contribution in [0.2, 0.25) is 0 Å². The first-order valence-corrected chi connectivity index (χ1v) is 14.9. The van der Waals surface area contributed by atoms with Gasteiger partial charge in [-0.05, 0) is 79.2 Å². The summed E-state index contributed by atoms with van der Waals surface area (Å²) in [6.45, 7) is 15.0. The van der Waals surface area contributed by atoms with Gasteiger partial charge in [-0.25, -0.2) is 0 Å². The molecule has 0 heterocycles. The molecule has 3 aliphatic carbocycles. The Morgan fingerprint density at radius 3 is 2.14 bits per heavy atom. The Morgan fingerprint density at radius 1 is 0.976 bits per heavy atom. The number of benzene rings is 2. The minimum absolute atomic E-state index is 0.0620. The summed E-state index contributed by atoms with van der Waals surface area (Å²) < 4.78 is 0. The second kappa shape index (κ2) is 9.77. The minimum Gasteiger partial charge on any atom is -0.507 e. The molecule has 4 atom stereocenters. The molecule has 2 aromatic carbocycles. The van der Waals surface area contributed by atoms with Crippen LogP contribution in [0.4, 0.5) is 0 Å². The fourth-order valence-corrected chi connectivity index (χ4v) is 8.81. The third-order valence-corrected chi connectivity index (χ3v) is 10.1. The highest BCUT2D eigenvalue weighted by molar-refractivity contribution is 6.33. The van der Waals surface area contributed by atoms with Crippen LogP contribution in [0.15, 0.2) is 53.1 Å². The molecular weight excluding hydrogens is 528 g/mol. The number of aromatic hydroxyl groups is 1. The number of rotatable bonds is 5. The monoisotopic (exact) mass is 570 g/mol. The van der Waals surface area contributed by atoms with E-state index in [1.807, 2.05) is 39.0 Å². The molecule has 5 rings (SSSR count). The van der Waals surface area contributed by atoms with Crippen molar-refractivity contribution in [2.75, 3.05) is 0 Å². The number of aliphatic hydroxyl groups excluding tert-OH is 1. The standard InChI is InChI=1S/C36H42O6/c1-18(2)15-22-9-11-23(12-10-22)24-13-14-26(38)28-25(24)16-34(7)17-35(8)29(19(3)4)20(5)27(21(6)37)32(40)36(35,42)33(41)30(34)31(28)39/h9-14,18-19,29,38-39,42H,15-17H2,1-8H3/t29-,34+,35+,36-/m1/s1. The Labute approximate surface area is 248 Å². The second-order valence-electron chi connectivity index (χ2n) is 14.0. The SMILES string of the molecule is CC(=O)C1=C(C)[C@@H](C(C)C)[C@]2(C)C[C@]3(C)Cc4c(-c5ccc(CC(C)C)cc5)ccc(O)c4C(O)=C3C(=O)[C@]2(O)C1=O. The van der Waals surface area contributed by atoms with E-state index in [9.17, 15) is 29.7 Å². The van der Waals surface area contributed by atoms with E-state index in [4.69, 9.17) is 0 Å². The highest BCUT2D eigenvalue weighted by Gasteiger charge is 2.72. The molecule has 0 radical (unpaired) electrons. The van der Waals surface area contributed by atoms with Crippen molar-refractivity contribution in [1.82, 2.24) is 0 Å². The van der Waals surface area contributed by atoms with Crippen molar-refractivity contribution in [2.45, 2.75) is 80.3 Å². The number of hydrogen-bond acceptors (Lipinski definition) is 6. The number of Topliss-reactive ketones (excluding diaryl/α,β-unsaturated/α-hetero) is 3. The normalized spacial score (nSPS) is 29.2. The minimum atomic E-state index is -2.53. The van der Waals surface area contributed by atoms with Gasteiger partial charge in [0.2, 0.25) is 11.6 Å². The van der Waals surface area contributed by atoms with Crippen LogP contribution in [0.1, 0.15) is 78.5 Å². The third kappa shape index (κ3) is 3.98. The van der Waals surface area contributed by atoms with Crippen molar-refractivity contribution in [3.63, 3.8) is 0 Å². The predicted molar refractivity (Wildman–Crippen MR) is 163 cm³/mol. The van der Waals surface area contributed by atoms with Crippen LogP contribution in [-0.4, -0.2) is 38.3 Å². The lowest BCUT2D eigenvalue weighted by Gasteiger charge is -2.60. The number of phenolic OH excluding ortho intramolecular Hbond substituents is 1. The second-order valence-corrected chi connectivity index (χ2v) is 14.0. The van der Waals surface area contributed by atoms with E-state index >= 15 is 0 Å².